The number of pyridine rings is 1. The number of hydrogen-bond acceptors (Lipinski definition) is 6. The van der Waals surface area contributed by atoms with Gasteiger partial charge < -0.3 is 26.7 Å². The van der Waals surface area contributed by atoms with E-state index in [4.69, 9.17) is 16.1 Å². The Morgan fingerprint density at radius 1 is 1.27 bits per heavy atom. The summed E-state index contributed by atoms with van der Waals surface area (Å²) in [6.45, 7) is 22.5. The van der Waals surface area contributed by atoms with Crippen LogP contribution in [0.4, 0.5) is 5.82 Å². The van der Waals surface area contributed by atoms with E-state index < -0.39 is 0 Å². The van der Waals surface area contributed by atoms with Crippen LogP contribution < -0.4 is 16.4 Å². The zero-order valence-electron chi connectivity index (χ0n) is 24.3. The number of rotatable bonds is 14. The van der Waals surface area contributed by atoms with Crippen LogP contribution in [0.2, 0.25) is 0 Å². The van der Waals surface area contributed by atoms with Crippen LogP contribution in [0.1, 0.15) is 84.5 Å². The van der Waals surface area contributed by atoms with Gasteiger partial charge in [0.15, 0.2) is 0 Å². The van der Waals surface area contributed by atoms with Crippen molar-refractivity contribution in [3.63, 3.8) is 0 Å². The number of nitrogens with one attached hydrogen (secondary N) is 3. The fourth-order valence-electron chi connectivity index (χ4n) is 4.70. The Morgan fingerprint density at radius 2 is 2.00 bits per heavy atom. The van der Waals surface area contributed by atoms with E-state index in [0.29, 0.717) is 0 Å². The summed E-state index contributed by atoms with van der Waals surface area (Å²) in [7, 11) is 0. The fourth-order valence-corrected chi connectivity index (χ4v) is 4.70. The molecule has 1 aromatic heterocycles. The van der Waals surface area contributed by atoms with Crippen LogP contribution in [0, 0.1) is 5.41 Å². The minimum Gasteiger partial charge on any atom is -0.370 e. The molecular weight excluding hydrogens is 456 g/mol. The van der Waals surface area contributed by atoms with E-state index in [0.717, 1.165) is 80.2 Å². The van der Waals surface area contributed by atoms with E-state index in [-0.39, 0.29) is 12.1 Å². The average Bonchev–Trinajstić information content (AvgIpc) is 2.84. The molecule has 0 radical (unpaired) electrons. The SMILES string of the molecule is C=C(C(C)N)N1CC=C(c2cc(CCNC/C(CCC)=C(\C)C=C(C)C)c(C=N)c(NC(C)C)n2)CC1. The second-order valence-electron chi connectivity index (χ2n) is 10.8. The van der Waals surface area contributed by atoms with Gasteiger partial charge in [0.1, 0.15) is 5.82 Å². The molecule has 1 atom stereocenters. The summed E-state index contributed by atoms with van der Waals surface area (Å²) < 4.78 is 0. The van der Waals surface area contributed by atoms with Crippen LogP contribution in [0.3, 0.4) is 0 Å². The van der Waals surface area contributed by atoms with Crippen molar-refractivity contribution in [3.05, 3.63) is 64.0 Å². The van der Waals surface area contributed by atoms with Gasteiger partial charge in [0.05, 0.1) is 5.69 Å². The highest BCUT2D eigenvalue weighted by molar-refractivity contribution is 5.87. The third kappa shape index (κ3) is 9.28. The van der Waals surface area contributed by atoms with Crippen molar-refractivity contribution < 1.29 is 0 Å². The molecule has 6 heteroatoms. The summed E-state index contributed by atoms with van der Waals surface area (Å²) in [5, 5.41) is 15.3. The van der Waals surface area contributed by atoms with E-state index in [1.165, 1.54) is 28.5 Å². The first kappa shape index (κ1) is 30.5. The average molecular weight is 507 g/mol. The van der Waals surface area contributed by atoms with Crippen molar-refractivity contribution in [2.75, 3.05) is 31.5 Å². The Hall–Kier alpha value is -2.70. The number of hydrogen-bond donors (Lipinski definition) is 4. The molecule has 0 fully saturated rings. The molecule has 0 amide bonds. The van der Waals surface area contributed by atoms with Crippen molar-refractivity contribution >= 4 is 17.6 Å². The highest BCUT2D eigenvalue weighted by atomic mass is 15.1. The molecule has 0 saturated heterocycles. The molecule has 0 saturated carbocycles. The maximum absolute atomic E-state index is 8.14. The monoisotopic (exact) mass is 506 g/mol. The van der Waals surface area contributed by atoms with Gasteiger partial charge in [0, 0.05) is 49.2 Å². The van der Waals surface area contributed by atoms with Crippen LogP contribution in [0.25, 0.3) is 5.57 Å². The predicted molar refractivity (Wildman–Crippen MR) is 161 cm³/mol. The largest absolute Gasteiger partial charge is 0.370 e. The van der Waals surface area contributed by atoms with Gasteiger partial charge in [-0.05, 0) is 84.6 Å². The zero-order valence-corrected chi connectivity index (χ0v) is 24.3. The van der Waals surface area contributed by atoms with Crippen molar-refractivity contribution in [1.82, 2.24) is 15.2 Å². The van der Waals surface area contributed by atoms with E-state index in [9.17, 15) is 0 Å². The van der Waals surface area contributed by atoms with Crippen LogP contribution in [-0.2, 0) is 6.42 Å². The molecule has 5 N–H and O–H groups in total. The molecule has 1 aliphatic heterocycles. The smallest absolute Gasteiger partial charge is 0.135 e. The summed E-state index contributed by atoms with van der Waals surface area (Å²) in [5.74, 6) is 0.798. The molecule has 0 bridgehead atoms. The first-order chi connectivity index (χ1) is 17.6. The first-order valence-corrected chi connectivity index (χ1v) is 13.8. The molecular formula is C31H50N6. The van der Waals surface area contributed by atoms with E-state index in [2.05, 4.69) is 81.9 Å². The van der Waals surface area contributed by atoms with Crippen molar-refractivity contribution in [2.45, 2.75) is 86.2 Å². The lowest BCUT2D eigenvalue weighted by Gasteiger charge is -2.31. The lowest BCUT2D eigenvalue weighted by Crippen LogP contribution is -2.35. The van der Waals surface area contributed by atoms with Crippen LogP contribution >= 0.6 is 0 Å². The molecule has 6 nitrogen and oxygen atoms in total. The summed E-state index contributed by atoms with van der Waals surface area (Å²) >= 11 is 0. The summed E-state index contributed by atoms with van der Waals surface area (Å²) in [4.78, 5) is 7.22. The topological polar surface area (TPSA) is 90.1 Å². The molecule has 0 spiro atoms. The zero-order chi connectivity index (χ0) is 27.5. The first-order valence-electron chi connectivity index (χ1n) is 13.8. The summed E-state index contributed by atoms with van der Waals surface area (Å²) in [5.41, 5.74) is 15.5. The van der Waals surface area contributed by atoms with Crippen molar-refractivity contribution in [2.24, 2.45) is 5.73 Å². The number of anilines is 1. The van der Waals surface area contributed by atoms with Gasteiger partial charge in [-0.2, -0.15) is 0 Å². The molecule has 1 aliphatic rings. The number of nitrogens with two attached hydrogens (primary N) is 1. The van der Waals surface area contributed by atoms with Crippen molar-refractivity contribution in [3.8, 4) is 0 Å². The van der Waals surface area contributed by atoms with Gasteiger partial charge in [-0.25, -0.2) is 4.98 Å². The molecule has 2 rings (SSSR count). The Bertz CT molecular complexity index is 1020. The Labute approximate surface area is 225 Å². The van der Waals surface area contributed by atoms with E-state index in [1.807, 2.05) is 6.92 Å². The molecule has 1 unspecified atom stereocenters. The van der Waals surface area contributed by atoms with Crippen LogP contribution in [0.5, 0.6) is 0 Å². The van der Waals surface area contributed by atoms with E-state index in [1.54, 1.807) is 0 Å². The fraction of sp³-hybridized carbons (Fsp3) is 0.548. The maximum atomic E-state index is 8.14. The summed E-state index contributed by atoms with van der Waals surface area (Å²) in [6.07, 6.45) is 9.97. The molecule has 37 heavy (non-hydrogen) atoms. The van der Waals surface area contributed by atoms with Crippen LogP contribution in [0.15, 0.2) is 47.2 Å². The van der Waals surface area contributed by atoms with Crippen molar-refractivity contribution in [1.29, 1.82) is 5.41 Å². The molecule has 0 aromatic carbocycles. The third-order valence-electron chi connectivity index (χ3n) is 6.71. The molecule has 204 valence electrons. The van der Waals surface area contributed by atoms with Gasteiger partial charge in [-0.1, -0.05) is 48.8 Å². The predicted octanol–water partition coefficient (Wildman–Crippen LogP) is 6.06. The van der Waals surface area contributed by atoms with Gasteiger partial charge in [0.25, 0.3) is 0 Å². The Morgan fingerprint density at radius 3 is 2.54 bits per heavy atom. The lowest BCUT2D eigenvalue weighted by molar-refractivity contribution is 0.358. The lowest BCUT2D eigenvalue weighted by atomic mass is 9.98. The standard InChI is InChI=1S/C31H50N6/c1-9-10-28(23(6)17-21(2)3)20-34-14-11-27-18-30(36-31(29(27)19-32)35-22(4)5)26-12-15-37(16-13-26)25(8)24(7)33/h12,17-19,22,24,32,34H,8-11,13-16,20,33H2,1-7H3,(H,35,36)/b28-23+,32-19?. The van der Waals surface area contributed by atoms with E-state index >= 15 is 0 Å². The third-order valence-corrected chi connectivity index (χ3v) is 6.71. The van der Waals surface area contributed by atoms with Gasteiger partial charge in [0.2, 0.25) is 0 Å². The second-order valence-corrected chi connectivity index (χ2v) is 10.8. The van der Waals surface area contributed by atoms with Gasteiger partial charge >= 0.3 is 0 Å². The number of allylic oxidation sites excluding steroid dienone is 3. The second kappa shape index (κ2) is 14.9. The quantitative estimate of drug-likeness (QED) is 0.140. The number of nitrogens with zero attached hydrogens (tertiary/aromatic N) is 2. The summed E-state index contributed by atoms with van der Waals surface area (Å²) in [6, 6.07) is 2.38. The van der Waals surface area contributed by atoms with Gasteiger partial charge in [-0.3, -0.25) is 0 Å². The van der Waals surface area contributed by atoms with Gasteiger partial charge in [-0.15, -0.1) is 0 Å². The molecule has 1 aromatic rings. The highest BCUT2D eigenvalue weighted by Crippen LogP contribution is 2.28. The highest BCUT2D eigenvalue weighted by Gasteiger charge is 2.19. The molecule has 2 heterocycles. The minimum absolute atomic E-state index is 0.0422. The Kier molecular flexibility index (Phi) is 12.3. The molecule has 0 aliphatic carbocycles. The number of aromatic nitrogens is 1. The maximum Gasteiger partial charge on any atom is 0.135 e. The normalized spacial score (nSPS) is 15.2. The Balaban J connectivity index is 2.26. The minimum atomic E-state index is -0.0422. The van der Waals surface area contributed by atoms with Crippen LogP contribution in [-0.4, -0.2) is 54.4 Å².